The molecule has 2 unspecified atom stereocenters. The van der Waals surface area contributed by atoms with Crippen LogP contribution < -0.4 is 0 Å². The van der Waals surface area contributed by atoms with Gasteiger partial charge in [-0.25, -0.2) is 0 Å². The highest BCUT2D eigenvalue weighted by Crippen LogP contribution is 2.13. The van der Waals surface area contributed by atoms with Gasteiger partial charge in [0.05, 0.1) is 13.2 Å². The van der Waals surface area contributed by atoms with Crippen LogP contribution in [0.5, 0.6) is 0 Å². The Bertz CT molecular complexity index is 391. The Morgan fingerprint density at radius 1 is 0.486 bits per heavy atom. The first-order valence-electron chi connectivity index (χ1n) is 15.5. The first kappa shape index (κ1) is 34.8. The molecule has 0 amide bonds. The molecule has 5 nitrogen and oxygen atoms in total. The maximum atomic E-state index is 6.17. The Balaban J connectivity index is 4.56. The number of ether oxygens (including phenoxy) is 1. The van der Waals surface area contributed by atoms with E-state index in [1.54, 1.807) is 0 Å². The summed E-state index contributed by atoms with van der Waals surface area (Å²) in [6.07, 6.45) is 10.7. The van der Waals surface area contributed by atoms with E-state index in [-0.39, 0.29) is 0 Å². The Hall–Kier alpha value is -0.200. The number of unbranched alkanes of at least 4 members (excludes halogenated alkanes) is 4. The number of hydrogen-bond acceptors (Lipinski definition) is 5. The zero-order chi connectivity index (χ0) is 26.3. The van der Waals surface area contributed by atoms with Crippen molar-refractivity contribution in [3.63, 3.8) is 0 Å². The van der Waals surface area contributed by atoms with Gasteiger partial charge in [0.1, 0.15) is 0 Å². The fourth-order valence-corrected chi connectivity index (χ4v) is 5.36. The van der Waals surface area contributed by atoms with Crippen molar-refractivity contribution >= 4 is 0 Å². The maximum absolute atomic E-state index is 6.17. The van der Waals surface area contributed by atoms with E-state index in [1.165, 1.54) is 64.5 Å². The fourth-order valence-electron chi connectivity index (χ4n) is 5.36. The average molecular weight is 499 g/mol. The number of likely N-dealkylation sites (N-methyl/N-ethyl adjacent to an activating group) is 4. The number of nitrogens with zero attached hydrogens (tertiary/aromatic N) is 4. The van der Waals surface area contributed by atoms with Crippen molar-refractivity contribution < 1.29 is 4.74 Å². The second-order valence-corrected chi connectivity index (χ2v) is 10.1. The molecule has 212 valence electrons. The molecule has 0 radical (unpaired) electrons. The first-order valence-corrected chi connectivity index (χ1v) is 15.5. The molecular weight excluding hydrogens is 432 g/mol. The molecule has 0 aliphatic heterocycles. The first-order chi connectivity index (χ1) is 17.0. The van der Waals surface area contributed by atoms with Crippen LogP contribution in [-0.2, 0) is 4.74 Å². The Morgan fingerprint density at radius 2 is 0.857 bits per heavy atom. The number of hydrogen-bond donors (Lipinski definition) is 0. The molecule has 0 aliphatic carbocycles. The van der Waals surface area contributed by atoms with Gasteiger partial charge in [0.15, 0.2) is 0 Å². The van der Waals surface area contributed by atoms with E-state index in [2.05, 4.69) is 75.0 Å². The van der Waals surface area contributed by atoms with Crippen LogP contribution in [-0.4, -0.2) is 110 Å². The lowest BCUT2D eigenvalue weighted by molar-refractivity contribution is 0.0645. The van der Waals surface area contributed by atoms with E-state index in [4.69, 9.17) is 4.74 Å². The highest BCUT2D eigenvalue weighted by atomic mass is 16.5. The second kappa shape index (κ2) is 24.2. The minimum atomic E-state index is 0.678. The van der Waals surface area contributed by atoms with Crippen molar-refractivity contribution in [2.45, 2.75) is 119 Å². The van der Waals surface area contributed by atoms with Gasteiger partial charge in [-0.3, -0.25) is 19.6 Å². The quantitative estimate of drug-likeness (QED) is 0.132. The summed E-state index contributed by atoms with van der Waals surface area (Å²) in [6.45, 7) is 31.4. The molecule has 0 N–H and O–H groups in total. The van der Waals surface area contributed by atoms with Crippen molar-refractivity contribution in [3.8, 4) is 0 Å². The number of rotatable bonds is 26. The smallest absolute Gasteiger partial charge is 0.0594 e. The van der Waals surface area contributed by atoms with Crippen molar-refractivity contribution in [2.75, 3.05) is 78.7 Å². The lowest BCUT2D eigenvalue weighted by atomic mass is 10.1. The van der Waals surface area contributed by atoms with Gasteiger partial charge in [0.2, 0.25) is 0 Å². The van der Waals surface area contributed by atoms with Crippen LogP contribution in [0.4, 0.5) is 0 Å². The monoisotopic (exact) mass is 499 g/mol. The molecule has 5 heteroatoms. The van der Waals surface area contributed by atoms with Gasteiger partial charge in [-0.1, -0.05) is 93.9 Å². The normalized spacial score (nSPS) is 14.1. The third kappa shape index (κ3) is 16.3. The van der Waals surface area contributed by atoms with Crippen molar-refractivity contribution in [1.82, 2.24) is 19.6 Å². The molecule has 0 heterocycles. The van der Waals surface area contributed by atoms with Crippen LogP contribution in [0.1, 0.15) is 107 Å². The van der Waals surface area contributed by atoms with Crippen LogP contribution in [0, 0.1) is 0 Å². The summed E-state index contributed by atoms with van der Waals surface area (Å²) in [5, 5.41) is 0. The van der Waals surface area contributed by atoms with E-state index in [0.29, 0.717) is 12.1 Å². The van der Waals surface area contributed by atoms with Gasteiger partial charge in [-0.2, -0.15) is 0 Å². The van der Waals surface area contributed by atoms with Crippen LogP contribution >= 0.6 is 0 Å². The minimum absolute atomic E-state index is 0.678. The summed E-state index contributed by atoms with van der Waals surface area (Å²) in [5.41, 5.74) is 0. The van der Waals surface area contributed by atoms with Gasteiger partial charge in [0, 0.05) is 38.3 Å². The largest absolute Gasteiger partial charge is 0.379 e. The zero-order valence-electron chi connectivity index (χ0n) is 25.5. The summed E-state index contributed by atoms with van der Waals surface area (Å²) in [4.78, 5) is 10.5. The van der Waals surface area contributed by atoms with Crippen LogP contribution in [0.25, 0.3) is 0 Å². The maximum Gasteiger partial charge on any atom is 0.0594 e. The fraction of sp³-hybridized carbons (Fsp3) is 1.00. The van der Waals surface area contributed by atoms with Crippen molar-refractivity contribution in [1.29, 1.82) is 0 Å². The summed E-state index contributed by atoms with van der Waals surface area (Å²) in [7, 11) is 0. The van der Waals surface area contributed by atoms with E-state index in [9.17, 15) is 0 Å². The van der Waals surface area contributed by atoms with E-state index in [1.807, 2.05) is 0 Å². The highest BCUT2D eigenvalue weighted by molar-refractivity contribution is 4.76. The van der Waals surface area contributed by atoms with Gasteiger partial charge in [-0.05, 0) is 52.1 Å². The van der Waals surface area contributed by atoms with E-state index < -0.39 is 0 Å². The zero-order valence-corrected chi connectivity index (χ0v) is 25.5. The molecule has 35 heavy (non-hydrogen) atoms. The molecule has 0 spiro atoms. The second-order valence-electron chi connectivity index (χ2n) is 10.1. The summed E-state index contributed by atoms with van der Waals surface area (Å²) in [5.74, 6) is 0. The summed E-state index contributed by atoms with van der Waals surface area (Å²) in [6, 6.07) is 1.36. The highest BCUT2D eigenvalue weighted by Gasteiger charge is 2.20. The van der Waals surface area contributed by atoms with Crippen LogP contribution in [0.3, 0.4) is 0 Å². The molecule has 0 aromatic carbocycles. The van der Waals surface area contributed by atoms with Crippen LogP contribution in [0.2, 0.25) is 0 Å². The van der Waals surface area contributed by atoms with Crippen LogP contribution in [0.15, 0.2) is 0 Å². The Labute approximate surface area is 221 Å². The van der Waals surface area contributed by atoms with Gasteiger partial charge in [0.25, 0.3) is 0 Å². The molecule has 0 saturated carbocycles. The molecule has 0 bridgehead atoms. The summed E-state index contributed by atoms with van der Waals surface area (Å²) < 4.78 is 6.17. The van der Waals surface area contributed by atoms with Gasteiger partial charge >= 0.3 is 0 Å². The standard InChI is InChI=1S/C30H66N4O/c1-9-17-19-21-29(33(13-5)14-6)27-31(11-3)23-25-35-26-24-32(12-4)28-30(22-20-18-10-2)34(15-7)16-8/h29-30H,9-28H2,1-8H3. The van der Waals surface area contributed by atoms with Crippen molar-refractivity contribution in [3.05, 3.63) is 0 Å². The minimum Gasteiger partial charge on any atom is -0.379 e. The van der Waals surface area contributed by atoms with Gasteiger partial charge < -0.3 is 4.74 Å². The topological polar surface area (TPSA) is 22.2 Å². The summed E-state index contributed by atoms with van der Waals surface area (Å²) >= 11 is 0. The van der Waals surface area contributed by atoms with E-state index in [0.717, 1.165) is 65.6 Å². The molecule has 2 atom stereocenters. The van der Waals surface area contributed by atoms with Crippen molar-refractivity contribution in [2.24, 2.45) is 0 Å². The molecule has 0 aliphatic rings. The average Bonchev–Trinajstić information content (AvgIpc) is 2.87. The molecule has 0 rings (SSSR count). The third-order valence-corrected chi connectivity index (χ3v) is 7.88. The molecule has 0 aromatic heterocycles. The lowest BCUT2D eigenvalue weighted by Gasteiger charge is -2.35. The lowest BCUT2D eigenvalue weighted by Crippen LogP contribution is -2.45. The Kier molecular flexibility index (Phi) is 24.0. The predicted molar refractivity (Wildman–Crippen MR) is 157 cm³/mol. The SMILES string of the molecule is CCCCCC(CN(CC)CCOCCN(CC)CC(CCCCC)N(CC)CC)N(CC)CC. The third-order valence-electron chi connectivity index (χ3n) is 7.88. The predicted octanol–water partition coefficient (Wildman–Crippen LogP) is 6.23. The molecular formula is C30H66N4O. The molecule has 0 fully saturated rings. The van der Waals surface area contributed by atoms with Gasteiger partial charge in [-0.15, -0.1) is 0 Å². The molecule has 0 aromatic rings. The van der Waals surface area contributed by atoms with E-state index >= 15 is 0 Å². The Morgan fingerprint density at radius 3 is 1.14 bits per heavy atom. The molecule has 0 saturated heterocycles.